The minimum atomic E-state index is -0.771. The van der Waals surface area contributed by atoms with E-state index < -0.39 is 11.6 Å². The number of hydrogen-bond acceptors (Lipinski definition) is 3. The van der Waals surface area contributed by atoms with Crippen molar-refractivity contribution in [2.75, 3.05) is 0 Å². The van der Waals surface area contributed by atoms with Gasteiger partial charge in [0.25, 0.3) is 0 Å². The summed E-state index contributed by atoms with van der Waals surface area (Å²) in [5.41, 5.74) is -0.771. The van der Waals surface area contributed by atoms with Gasteiger partial charge in [-0.1, -0.05) is 6.92 Å². The zero-order chi connectivity index (χ0) is 14.2. The minimum Gasteiger partial charge on any atom is -0.343 e. The molecule has 4 nitrogen and oxygen atoms in total. The highest BCUT2D eigenvalue weighted by molar-refractivity contribution is 9.10. The Hall–Kier alpha value is -0.880. The maximum absolute atomic E-state index is 12.4. The van der Waals surface area contributed by atoms with Gasteiger partial charge >= 0.3 is 0 Å². The SMILES string of the molecule is CCC1(C)C(=O)NC(C)C(=O)N1Cc1sccc1Br. The van der Waals surface area contributed by atoms with Crippen molar-refractivity contribution in [3.8, 4) is 0 Å². The van der Waals surface area contributed by atoms with Gasteiger partial charge in [-0.25, -0.2) is 0 Å². The summed E-state index contributed by atoms with van der Waals surface area (Å²) in [6, 6.07) is 1.51. The molecule has 1 aliphatic heterocycles. The van der Waals surface area contributed by atoms with Crippen LogP contribution in [0.25, 0.3) is 0 Å². The molecular formula is C13H17BrN2O2S. The molecule has 1 N–H and O–H groups in total. The molecule has 2 rings (SSSR count). The number of rotatable bonds is 3. The predicted molar refractivity (Wildman–Crippen MR) is 78.9 cm³/mol. The Kier molecular flexibility index (Phi) is 4.01. The second-order valence-corrected chi connectivity index (χ2v) is 6.79. The number of amides is 2. The summed E-state index contributed by atoms with van der Waals surface area (Å²) >= 11 is 5.06. The Balaban J connectivity index is 2.35. The van der Waals surface area contributed by atoms with Crippen LogP contribution in [0.5, 0.6) is 0 Å². The molecule has 104 valence electrons. The number of thiophene rings is 1. The van der Waals surface area contributed by atoms with E-state index in [0.717, 1.165) is 9.35 Å². The highest BCUT2D eigenvalue weighted by Crippen LogP contribution is 2.31. The van der Waals surface area contributed by atoms with Gasteiger partial charge in [0.15, 0.2) is 0 Å². The quantitative estimate of drug-likeness (QED) is 0.915. The number of nitrogens with one attached hydrogen (secondary N) is 1. The third-order valence-electron chi connectivity index (χ3n) is 3.75. The molecule has 0 saturated carbocycles. The first-order chi connectivity index (χ1) is 8.90. The van der Waals surface area contributed by atoms with E-state index >= 15 is 0 Å². The Morgan fingerprint density at radius 1 is 1.53 bits per heavy atom. The van der Waals surface area contributed by atoms with Crippen molar-refractivity contribution in [2.45, 2.75) is 45.3 Å². The molecule has 1 fully saturated rings. The number of nitrogens with zero attached hydrogens (tertiary/aromatic N) is 1. The zero-order valence-electron chi connectivity index (χ0n) is 11.2. The van der Waals surface area contributed by atoms with Crippen molar-refractivity contribution in [3.05, 3.63) is 20.8 Å². The summed E-state index contributed by atoms with van der Waals surface area (Å²) in [6.45, 7) is 5.96. The van der Waals surface area contributed by atoms with Crippen molar-refractivity contribution < 1.29 is 9.59 Å². The number of piperazine rings is 1. The average Bonchev–Trinajstić information content (AvgIpc) is 2.78. The van der Waals surface area contributed by atoms with Gasteiger partial charge in [0.1, 0.15) is 11.6 Å². The lowest BCUT2D eigenvalue weighted by Crippen LogP contribution is -2.68. The molecule has 0 aromatic carbocycles. The molecule has 6 heteroatoms. The third-order valence-corrected chi connectivity index (χ3v) is 5.66. The van der Waals surface area contributed by atoms with Gasteiger partial charge in [-0.3, -0.25) is 9.59 Å². The highest BCUT2D eigenvalue weighted by atomic mass is 79.9. The van der Waals surface area contributed by atoms with E-state index in [2.05, 4.69) is 21.2 Å². The molecule has 2 amide bonds. The molecule has 1 saturated heterocycles. The van der Waals surface area contributed by atoms with Crippen molar-refractivity contribution in [1.82, 2.24) is 10.2 Å². The standard InChI is InChI=1S/C13H17BrN2O2S/c1-4-13(3)12(18)15-8(2)11(17)16(13)7-10-9(14)5-6-19-10/h5-6,8H,4,7H2,1-3H3,(H,15,18). The zero-order valence-corrected chi connectivity index (χ0v) is 13.6. The van der Waals surface area contributed by atoms with Gasteiger partial charge in [0, 0.05) is 9.35 Å². The van der Waals surface area contributed by atoms with Crippen LogP contribution < -0.4 is 5.32 Å². The number of carbonyl (C=O) groups is 2. The summed E-state index contributed by atoms with van der Waals surface area (Å²) in [4.78, 5) is 27.4. The fraction of sp³-hybridized carbons (Fsp3) is 0.538. The summed E-state index contributed by atoms with van der Waals surface area (Å²) in [5.74, 6) is -0.0981. The van der Waals surface area contributed by atoms with E-state index in [1.54, 1.807) is 23.2 Å². The Morgan fingerprint density at radius 3 is 2.74 bits per heavy atom. The molecular weight excluding hydrogens is 328 g/mol. The molecule has 2 atom stereocenters. The van der Waals surface area contributed by atoms with Gasteiger partial charge in [-0.15, -0.1) is 11.3 Å². The van der Waals surface area contributed by atoms with Gasteiger partial charge < -0.3 is 10.2 Å². The number of hydrogen-bond donors (Lipinski definition) is 1. The number of carbonyl (C=O) groups excluding carboxylic acids is 2. The fourth-order valence-corrected chi connectivity index (χ4v) is 3.66. The van der Waals surface area contributed by atoms with Gasteiger partial charge in [-0.05, 0) is 47.6 Å². The van der Waals surface area contributed by atoms with E-state index in [4.69, 9.17) is 0 Å². The van der Waals surface area contributed by atoms with Gasteiger partial charge in [0.2, 0.25) is 11.8 Å². The summed E-state index contributed by atoms with van der Waals surface area (Å²) < 4.78 is 0.988. The minimum absolute atomic E-state index is 0.0238. The van der Waals surface area contributed by atoms with Crippen molar-refractivity contribution in [3.63, 3.8) is 0 Å². The molecule has 0 spiro atoms. The van der Waals surface area contributed by atoms with E-state index in [9.17, 15) is 9.59 Å². The number of halogens is 1. The lowest BCUT2D eigenvalue weighted by Gasteiger charge is -2.45. The summed E-state index contributed by atoms with van der Waals surface area (Å²) in [7, 11) is 0. The first-order valence-corrected chi connectivity index (χ1v) is 7.91. The Bertz CT molecular complexity index is 516. The normalized spacial score (nSPS) is 27.6. The van der Waals surface area contributed by atoms with E-state index in [1.165, 1.54) is 0 Å². The predicted octanol–water partition coefficient (Wildman–Crippen LogP) is 2.53. The lowest BCUT2D eigenvalue weighted by molar-refractivity contribution is -0.157. The van der Waals surface area contributed by atoms with Crippen molar-refractivity contribution in [2.24, 2.45) is 0 Å². The van der Waals surface area contributed by atoms with Gasteiger partial charge in [-0.2, -0.15) is 0 Å². The van der Waals surface area contributed by atoms with Crippen LogP contribution in [-0.4, -0.2) is 28.3 Å². The van der Waals surface area contributed by atoms with Gasteiger partial charge in [0.05, 0.1) is 6.54 Å². The summed E-state index contributed by atoms with van der Waals surface area (Å²) in [5, 5.41) is 4.73. The second-order valence-electron chi connectivity index (χ2n) is 4.94. The molecule has 1 aromatic heterocycles. The van der Waals surface area contributed by atoms with E-state index in [-0.39, 0.29) is 11.8 Å². The van der Waals surface area contributed by atoms with Crippen LogP contribution in [0.2, 0.25) is 0 Å². The van der Waals surface area contributed by atoms with Crippen LogP contribution in [0, 0.1) is 0 Å². The average molecular weight is 345 g/mol. The Labute approximate surface area is 125 Å². The van der Waals surface area contributed by atoms with Crippen molar-refractivity contribution >= 4 is 39.1 Å². The molecule has 1 aromatic rings. The molecule has 0 bridgehead atoms. The first-order valence-electron chi connectivity index (χ1n) is 6.24. The molecule has 19 heavy (non-hydrogen) atoms. The van der Waals surface area contributed by atoms with E-state index in [0.29, 0.717) is 13.0 Å². The lowest BCUT2D eigenvalue weighted by atomic mass is 9.91. The fourth-order valence-electron chi connectivity index (χ4n) is 2.20. The van der Waals surface area contributed by atoms with Crippen molar-refractivity contribution in [1.29, 1.82) is 0 Å². The van der Waals surface area contributed by atoms with Crippen LogP contribution in [-0.2, 0) is 16.1 Å². The van der Waals surface area contributed by atoms with Crippen LogP contribution in [0.4, 0.5) is 0 Å². The third kappa shape index (κ3) is 2.43. The van der Waals surface area contributed by atoms with Crippen LogP contribution in [0.15, 0.2) is 15.9 Å². The maximum Gasteiger partial charge on any atom is 0.246 e. The molecule has 2 heterocycles. The van der Waals surface area contributed by atoms with Crippen LogP contribution >= 0.6 is 27.3 Å². The first kappa shape index (κ1) is 14.5. The summed E-state index contributed by atoms with van der Waals surface area (Å²) in [6.07, 6.45) is 0.598. The molecule has 2 unspecified atom stereocenters. The monoisotopic (exact) mass is 344 g/mol. The molecule has 0 radical (unpaired) electrons. The highest BCUT2D eigenvalue weighted by Gasteiger charge is 2.47. The van der Waals surface area contributed by atoms with Crippen LogP contribution in [0.1, 0.15) is 32.1 Å². The Morgan fingerprint density at radius 2 is 2.21 bits per heavy atom. The van der Waals surface area contributed by atoms with Crippen LogP contribution in [0.3, 0.4) is 0 Å². The topological polar surface area (TPSA) is 49.4 Å². The second kappa shape index (κ2) is 5.25. The maximum atomic E-state index is 12.4. The van der Waals surface area contributed by atoms with E-state index in [1.807, 2.05) is 25.3 Å². The largest absolute Gasteiger partial charge is 0.343 e. The smallest absolute Gasteiger partial charge is 0.246 e. The molecule has 1 aliphatic rings. The molecule has 0 aliphatic carbocycles.